The van der Waals surface area contributed by atoms with E-state index in [0.29, 0.717) is 11.3 Å². The summed E-state index contributed by atoms with van der Waals surface area (Å²) >= 11 is 5.88. The predicted molar refractivity (Wildman–Crippen MR) is 63.0 cm³/mol. The standard InChI is InChI=1S/C12H19ClN2/c1-12(5-3-2-4-6-12)9-15-10-14-8-11(15)7-13/h8,10H,2-7,9H2,1H3. The third-order valence-electron chi connectivity index (χ3n) is 3.55. The summed E-state index contributed by atoms with van der Waals surface area (Å²) in [6, 6.07) is 0. The average Bonchev–Trinajstić information content (AvgIpc) is 2.65. The van der Waals surface area contributed by atoms with E-state index in [2.05, 4.69) is 16.5 Å². The van der Waals surface area contributed by atoms with Crippen LogP contribution in [-0.4, -0.2) is 9.55 Å². The molecule has 0 amide bonds. The molecule has 0 atom stereocenters. The van der Waals surface area contributed by atoms with Crippen molar-refractivity contribution >= 4 is 11.6 Å². The molecule has 1 saturated carbocycles. The quantitative estimate of drug-likeness (QED) is 0.721. The highest BCUT2D eigenvalue weighted by molar-refractivity contribution is 6.16. The number of halogens is 1. The molecule has 2 nitrogen and oxygen atoms in total. The largest absolute Gasteiger partial charge is 0.333 e. The number of aromatic nitrogens is 2. The fourth-order valence-corrected chi connectivity index (χ4v) is 2.80. The van der Waals surface area contributed by atoms with Gasteiger partial charge >= 0.3 is 0 Å². The van der Waals surface area contributed by atoms with Crippen LogP contribution in [0.3, 0.4) is 0 Å². The van der Waals surface area contributed by atoms with Crippen molar-refractivity contribution in [3.05, 3.63) is 18.2 Å². The maximum Gasteiger partial charge on any atom is 0.0948 e. The first-order chi connectivity index (χ1) is 7.23. The fraction of sp³-hybridized carbons (Fsp3) is 0.750. The molecule has 0 bridgehead atoms. The van der Waals surface area contributed by atoms with E-state index in [1.807, 2.05) is 12.5 Å². The molecule has 2 rings (SSSR count). The van der Waals surface area contributed by atoms with Gasteiger partial charge in [-0.2, -0.15) is 0 Å². The zero-order valence-corrected chi connectivity index (χ0v) is 10.1. The molecule has 0 aromatic carbocycles. The van der Waals surface area contributed by atoms with Gasteiger partial charge in [0.15, 0.2) is 0 Å². The summed E-state index contributed by atoms with van der Waals surface area (Å²) in [5.41, 5.74) is 1.60. The first-order valence-electron chi connectivity index (χ1n) is 5.78. The van der Waals surface area contributed by atoms with Crippen molar-refractivity contribution in [2.45, 2.75) is 51.5 Å². The minimum Gasteiger partial charge on any atom is -0.333 e. The Bertz CT molecular complexity index is 313. The second-order valence-electron chi connectivity index (χ2n) is 5.02. The predicted octanol–water partition coefficient (Wildman–Crippen LogP) is 3.59. The van der Waals surface area contributed by atoms with Crippen molar-refractivity contribution in [3.63, 3.8) is 0 Å². The molecule has 84 valence electrons. The molecular weight excluding hydrogens is 208 g/mol. The van der Waals surface area contributed by atoms with E-state index in [1.165, 1.54) is 32.1 Å². The van der Waals surface area contributed by atoms with Crippen molar-refractivity contribution in [1.29, 1.82) is 0 Å². The summed E-state index contributed by atoms with van der Waals surface area (Å²) in [7, 11) is 0. The Kier molecular flexibility index (Phi) is 3.35. The molecular formula is C12H19ClN2. The van der Waals surface area contributed by atoms with Crippen LogP contribution < -0.4 is 0 Å². The molecule has 1 aliphatic rings. The lowest BCUT2D eigenvalue weighted by atomic mass is 9.75. The van der Waals surface area contributed by atoms with Gasteiger partial charge in [0.25, 0.3) is 0 Å². The molecule has 1 aromatic rings. The van der Waals surface area contributed by atoms with Gasteiger partial charge in [-0.05, 0) is 18.3 Å². The molecule has 3 heteroatoms. The van der Waals surface area contributed by atoms with Crippen LogP contribution in [0.1, 0.15) is 44.7 Å². The minimum absolute atomic E-state index is 0.458. The first-order valence-corrected chi connectivity index (χ1v) is 6.32. The van der Waals surface area contributed by atoms with Crippen LogP contribution in [0.4, 0.5) is 0 Å². The molecule has 0 radical (unpaired) electrons. The third-order valence-corrected chi connectivity index (χ3v) is 3.82. The Morgan fingerprint density at radius 3 is 2.80 bits per heavy atom. The van der Waals surface area contributed by atoms with Crippen LogP contribution in [0.2, 0.25) is 0 Å². The van der Waals surface area contributed by atoms with Crippen LogP contribution >= 0.6 is 11.6 Å². The fourth-order valence-electron chi connectivity index (χ4n) is 2.58. The molecule has 0 spiro atoms. The van der Waals surface area contributed by atoms with Gasteiger partial charge in [-0.15, -0.1) is 11.6 Å². The Balaban J connectivity index is 2.06. The smallest absolute Gasteiger partial charge is 0.0948 e. The molecule has 1 aliphatic carbocycles. The molecule has 0 N–H and O–H groups in total. The van der Waals surface area contributed by atoms with Gasteiger partial charge in [-0.1, -0.05) is 26.2 Å². The molecule has 0 aliphatic heterocycles. The summed E-state index contributed by atoms with van der Waals surface area (Å²) in [6.45, 7) is 3.47. The SMILES string of the molecule is CC1(Cn2cncc2CCl)CCCCC1. The first kappa shape index (κ1) is 11.0. The van der Waals surface area contributed by atoms with E-state index in [-0.39, 0.29) is 0 Å². The van der Waals surface area contributed by atoms with Crippen molar-refractivity contribution in [1.82, 2.24) is 9.55 Å². The zero-order valence-electron chi connectivity index (χ0n) is 9.38. The Morgan fingerprint density at radius 1 is 1.40 bits per heavy atom. The van der Waals surface area contributed by atoms with Crippen LogP contribution in [0, 0.1) is 5.41 Å². The second kappa shape index (κ2) is 4.56. The van der Waals surface area contributed by atoms with E-state index in [4.69, 9.17) is 11.6 Å². The van der Waals surface area contributed by atoms with Gasteiger partial charge in [-0.25, -0.2) is 4.98 Å². The van der Waals surface area contributed by atoms with Crippen molar-refractivity contribution < 1.29 is 0 Å². The van der Waals surface area contributed by atoms with Gasteiger partial charge in [0.1, 0.15) is 0 Å². The summed E-state index contributed by atoms with van der Waals surface area (Å²) < 4.78 is 2.22. The van der Waals surface area contributed by atoms with E-state index in [1.54, 1.807) is 0 Å². The van der Waals surface area contributed by atoms with Gasteiger partial charge in [0, 0.05) is 12.7 Å². The summed E-state index contributed by atoms with van der Waals surface area (Å²) in [5, 5.41) is 0. The van der Waals surface area contributed by atoms with Crippen LogP contribution in [0.25, 0.3) is 0 Å². The van der Waals surface area contributed by atoms with E-state index in [0.717, 1.165) is 12.2 Å². The van der Waals surface area contributed by atoms with Gasteiger partial charge in [-0.3, -0.25) is 0 Å². The maximum atomic E-state index is 5.88. The molecule has 1 heterocycles. The van der Waals surface area contributed by atoms with Gasteiger partial charge in [0.05, 0.1) is 17.9 Å². The number of rotatable bonds is 3. The molecule has 1 aromatic heterocycles. The lowest BCUT2D eigenvalue weighted by molar-refractivity contribution is 0.182. The van der Waals surface area contributed by atoms with Crippen LogP contribution in [-0.2, 0) is 12.4 Å². The maximum absolute atomic E-state index is 5.88. The monoisotopic (exact) mass is 226 g/mol. The van der Waals surface area contributed by atoms with Crippen molar-refractivity contribution in [3.8, 4) is 0 Å². The van der Waals surface area contributed by atoms with Crippen LogP contribution in [0.5, 0.6) is 0 Å². The highest BCUT2D eigenvalue weighted by atomic mass is 35.5. The third kappa shape index (κ3) is 2.54. The number of hydrogen-bond acceptors (Lipinski definition) is 1. The summed E-state index contributed by atoms with van der Waals surface area (Å²) in [5.74, 6) is 0.566. The van der Waals surface area contributed by atoms with Crippen LogP contribution in [0.15, 0.2) is 12.5 Å². The zero-order chi connectivity index (χ0) is 10.7. The average molecular weight is 227 g/mol. The van der Waals surface area contributed by atoms with E-state index >= 15 is 0 Å². The molecule has 1 fully saturated rings. The van der Waals surface area contributed by atoms with Crippen molar-refractivity contribution in [2.75, 3.05) is 0 Å². The number of hydrogen-bond donors (Lipinski definition) is 0. The Hall–Kier alpha value is -0.500. The lowest BCUT2D eigenvalue weighted by Gasteiger charge is -2.34. The number of imidazole rings is 1. The minimum atomic E-state index is 0.458. The Labute approximate surface area is 96.7 Å². The molecule has 0 saturated heterocycles. The highest BCUT2D eigenvalue weighted by Crippen LogP contribution is 2.37. The van der Waals surface area contributed by atoms with E-state index < -0.39 is 0 Å². The van der Waals surface area contributed by atoms with Crippen molar-refractivity contribution in [2.24, 2.45) is 5.41 Å². The Morgan fingerprint density at radius 2 is 2.13 bits per heavy atom. The summed E-state index contributed by atoms with van der Waals surface area (Å²) in [6.07, 6.45) is 10.6. The van der Waals surface area contributed by atoms with Gasteiger partial charge in [0.2, 0.25) is 0 Å². The lowest BCUT2D eigenvalue weighted by Crippen LogP contribution is -2.26. The topological polar surface area (TPSA) is 17.8 Å². The molecule has 15 heavy (non-hydrogen) atoms. The highest BCUT2D eigenvalue weighted by Gasteiger charge is 2.27. The normalized spacial score (nSPS) is 20.4. The van der Waals surface area contributed by atoms with E-state index in [9.17, 15) is 0 Å². The second-order valence-corrected chi connectivity index (χ2v) is 5.29. The summed E-state index contributed by atoms with van der Waals surface area (Å²) in [4.78, 5) is 4.17. The number of nitrogens with zero attached hydrogens (tertiary/aromatic N) is 2. The number of alkyl halides is 1. The molecule has 0 unspecified atom stereocenters. The van der Waals surface area contributed by atoms with Gasteiger partial charge < -0.3 is 4.57 Å².